The highest BCUT2D eigenvalue weighted by Gasteiger charge is 2.17. The second kappa shape index (κ2) is 7.96. The third-order valence-corrected chi connectivity index (χ3v) is 6.34. The quantitative estimate of drug-likeness (QED) is 0.203. The van der Waals surface area contributed by atoms with E-state index in [0.29, 0.717) is 0 Å². The van der Waals surface area contributed by atoms with Gasteiger partial charge in [0.05, 0.1) is 6.26 Å². The number of benzene rings is 6. The molecule has 0 bridgehead atoms. The summed E-state index contributed by atoms with van der Waals surface area (Å²) in [5.74, 6) is 0.791. The first-order chi connectivity index (χ1) is 16.3. The van der Waals surface area contributed by atoms with Crippen LogP contribution in [-0.2, 0) is 0 Å². The highest BCUT2D eigenvalue weighted by atomic mass is 16.5. The normalized spacial score (nSPS) is 11.2. The predicted octanol–water partition coefficient (Wildman–Crippen LogP) is 9.00. The van der Waals surface area contributed by atoms with Gasteiger partial charge < -0.3 is 4.74 Å². The molecule has 0 aliphatic heterocycles. The average molecular weight is 423 g/mol. The molecule has 1 nitrogen and oxygen atoms in total. The minimum Gasteiger partial charge on any atom is -0.466 e. The van der Waals surface area contributed by atoms with Crippen LogP contribution in [0.5, 0.6) is 5.75 Å². The molecule has 0 radical (unpaired) electrons. The predicted molar refractivity (Wildman–Crippen MR) is 141 cm³/mol. The first-order valence-corrected chi connectivity index (χ1v) is 11.1. The zero-order valence-corrected chi connectivity index (χ0v) is 18.2. The molecule has 0 aliphatic carbocycles. The molecule has 33 heavy (non-hydrogen) atoms. The Morgan fingerprint density at radius 3 is 1.76 bits per heavy atom. The molecular formula is C32H22O. The van der Waals surface area contributed by atoms with E-state index in [9.17, 15) is 0 Å². The maximum Gasteiger partial charge on any atom is 0.127 e. The van der Waals surface area contributed by atoms with Gasteiger partial charge in [0.15, 0.2) is 0 Å². The zero-order chi connectivity index (χ0) is 22.2. The molecule has 156 valence electrons. The Balaban J connectivity index is 1.79. The van der Waals surface area contributed by atoms with Gasteiger partial charge in [-0.15, -0.1) is 0 Å². The van der Waals surface area contributed by atoms with Crippen LogP contribution in [-0.4, -0.2) is 0 Å². The fraction of sp³-hybridized carbons (Fsp3) is 0. The van der Waals surface area contributed by atoms with Gasteiger partial charge in [-0.3, -0.25) is 0 Å². The van der Waals surface area contributed by atoms with E-state index >= 15 is 0 Å². The summed E-state index contributed by atoms with van der Waals surface area (Å²) >= 11 is 0. The summed E-state index contributed by atoms with van der Waals surface area (Å²) in [4.78, 5) is 0. The summed E-state index contributed by atoms with van der Waals surface area (Å²) in [6.45, 7) is 3.71. The third kappa shape index (κ3) is 3.18. The molecule has 6 rings (SSSR count). The standard InChI is InChI=1S/C32H22O/c1-2-33-24-20-19-22-13-10-18-29(30(22)21-24)32-27-16-8-6-14-25(27)31(23-11-4-3-5-12-23)26-15-7-9-17-28(26)32/h2-21H,1H2. The highest BCUT2D eigenvalue weighted by molar-refractivity contribution is 6.23. The summed E-state index contributed by atoms with van der Waals surface area (Å²) in [5, 5.41) is 7.36. The van der Waals surface area contributed by atoms with E-state index < -0.39 is 0 Å². The molecule has 0 unspecified atom stereocenters. The van der Waals surface area contributed by atoms with Gasteiger partial charge in [0.2, 0.25) is 0 Å². The molecule has 0 amide bonds. The Hall–Kier alpha value is -4.36. The molecule has 0 fully saturated rings. The molecule has 0 aliphatic rings. The van der Waals surface area contributed by atoms with Crippen molar-refractivity contribution in [1.82, 2.24) is 0 Å². The second-order valence-corrected chi connectivity index (χ2v) is 8.18. The minimum absolute atomic E-state index is 0.791. The fourth-order valence-electron chi connectivity index (χ4n) is 4.97. The minimum atomic E-state index is 0.791. The lowest BCUT2D eigenvalue weighted by Gasteiger charge is -2.19. The van der Waals surface area contributed by atoms with Crippen molar-refractivity contribution >= 4 is 32.3 Å². The maximum absolute atomic E-state index is 5.62. The molecule has 1 heteroatoms. The lowest BCUT2D eigenvalue weighted by atomic mass is 9.85. The molecular weight excluding hydrogens is 400 g/mol. The van der Waals surface area contributed by atoms with Crippen molar-refractivity contribution in [3.63, 3.8) is 0 Å². The summed E-state index contributed by atoms with van der Waals surface area (Å²) in [6.07, 6.45) is 1.48. The van der Waals surface area contributed by atoms with E-state index in [0.717, 1.165) is 5.75 Å². The number of fused-ring (bicyclic) bond motifs is 3. The van der Waals surface area contributed by atoms with Crippen LogP contribution in [0.2, 0.25) is 0 Å². The van der Waals surface area contributed by atoms with Crippen molar-refractivity contribution in [1.29, 1.82) is 0 Å². The summed E-state index contributed by atoms with van der Waals surface area (Å²) in [7, 11) is 0. The topological polar surface area (TPSA) is 9.23 Å². The summed E-state index contributed by atoms with van der Waals surface area (Å²) in [6, 6.07) is 40.9. The molecule has 0 atom stereocenters. The average Bonchev–Trinajstić information content (AvgIpc) is 2.88. The van der Waals surface area contributed by atoms with Crippen LogP contribution in [0.4, 0.5) is 0 Å². The van der Waals surface area contributed by atoms with Crippen LogP contribution >= 0.6 is 0 Å². The van der Waals surface area contributed by atoms with Gasteiger partial charge in [-0.2, -0.15) is 0 Å². The maximum atomic E-state index is 5.62. The third-order valence-electron chi connectivity index (χ3n) is 6.34. The van der Waals surface area contributed by atoms with Crippen LogP contribution in [0.25, 0.3) is 54.6 Å². The van der Waals surface area contributed by atoms with Crippen molar-refractivity contribution in [2.45, 2.75) is 0 Å². The Morgan fingerprint density at radius 1 is 0.515 bits per heavy atom. The van der Waals surface area contributed by atoms with Gasteiger partial charge in [0, 0.05) is 0 Å². The van der Waals surface area contributed by atoms with E-state index in [1.807, 2.05) is 6.07 Å². The molecule has 0 N–H and O–H groups in total. The van der Waals surface area contributed by atoms with Gasteiger partial charge in [-0.05, 0) is 66.7 Å². The first kappa shape index (κ1) is 19.3. The van der Waals surface area contributed by atoms with Crippen molar-refractivity contribution in [2.75, 3.05) is 0 Å². The number of hydrogen-bond donors (Lipinski definition) is 0. The smallest absolute Gasteiger partial charge is 0.127 e. The Kier molecular flexibility index (Phi) is 4.66. The van der Waals surface area contributed by atoms with Gasteiger partial charge in [-0.25, -0.2) is 0 Å². The fourth-order valence-corrected chi connectivity index (χ4v) is 4.97. The molecule has 0 saturated carbocycles. The van der Waals surface area contributed by atoms with Crippen LogP contribution in [0, 0.1) is 0 Å². The molecule has 6 aromatic carbocycles. The lowest BCUT2D eigenvalue weighted by molar-refractivity contribution is 0.484. The van der Waals surface area contributed by atoms with Gasteiger partial charge in [0.1, 0.15) is 5.75 Å². The van der Waals surface area contributed by atoms with E-state index in [1.165, 1.54) is 60.8 Å². The van der Waals surface area contributed by atoms with Crippen LogP contribution in [0.1, 0.15) is 0 Å². The Bertz CT molecular complexity index is 1590. The Labute approximate surface area is 193 Å². The van der Waals surface area contributed by atoms with Crippen molar-refractivity contribution in [3.05, 3.63) is 128 Å². The van der Waals surface area contributed by atoms with Crippen LogP contribution < -0.4 is 4.74 Å². The van der Waals surface area contributed by atoms with E-state index in [4.69, 9.17) is 4.74 Å². The van der Waals surface area contributed by atoms with Gasteiger partial charge in [0.25, 0.3) is 0 Å². The number of ether oxygens (including phenoxy) is 1. The summed E-state index contributed by atoms with van der Waals surface area (Å²) < 4.78 is 5.62. The SMILES string of the molecule is C=COc1ccc2cccc(-c3c4ccccc4c(-c4ccccc4)c4ccccc34)c2c1. The van der Waals surface area contributed by atoms with Crippen molar-refractivity contribution < 1.29 is 4.74 Å². The molecule has 0 aromatic heterocycles. The lowest BCUT2D eigenvalue weighted by Crippen LogP contribution is -1.91. The molecule has 0 saturated heterocycles. The van der Waals surface area contributed by atoms with Crippen LogP contribution in [0.3, 0.4) is 0 Å². The van der Waals surface area contributed by atoms with Crippen LogP contribution in [0.15, 0.2) is 128 Å². The zero-order valence-electron chi connectivity index (χ0n) is 18.2. The van der Waals surface area contributed by atoms with Crippen molar-refractivity contribution in [2.24, 2.45) is 0 Å². The molecule has 6 aromatic rings. The first-order valence-electron chi connectivity index (χ1n) is 11.1. The molecule has 0 heterocycles. The Morgan fingerprint density at radius 2 is 1.12 bits per heavy atom. The monoisotopic (exact) mass is 422 g/mol. The number of hydrogen-bond acceptors (Lipinski definition) is 1. The second-order valence-electron chi connectivity index (χ2n) is 8.18. The van der Waals surface area contributed by atoms with E-state index in [-0.39, 0.29) is 0 Å². The molecule has 0 spiro atoms. The highest BCUT2D eigenvalue weighted by Crippen LogP contribution is 2.45. The van der Waals surface area contributed by atoms with Crippen molar-refractivity contribution in [3.8, 4) is 28.0 Å². The summed E-state index contributed by atoms with van der Waals surface area (Å²) in [5.41, 5.74) is 4.97. The number of rotatable bonds is 4. The van der Waals surface area contributed by atoms with E-state index in [2.05, 4.69) is 116 Å². The largest absolute Gasteiger partial charge is 0.466 e. The van der Waals surface area contributed by atoms with Gasteiger partial charge >= 0.3 is 0 Å². The van der Waals surface area contributed by atoms with Gasteiger partial charge in [-0.1, -0.05) is 110 Å². The van der Waals surface area contributed by atoms with E-state index in [1.54, 1.807) is 0 Å².